The third-order valence-corrected chi connectivity index (χ3v) is 2.79. The van der Waals surface area contributed by atoms with E-state index in [-0.39, 0.29) is 0 Å². The molecular formula is C12H16ClNO3. The van der Waals surface area contributed by atoms with Crippen molar-refractivity contribution in [2.45, 2.75) is 13.5 Å². The molecular weight excluding hydrogens is 242 g/mol. The quantitative estimate of drug-likeness (QED) is 0.615. The van der Waals surface area contributed by atoms with Crippen molar-refractivity contribution in [1.82, 2.24) is 4.90 Å². The molecule has 0 N–H and O–H groups in total. The number of carbonyl (C=O) groups is 1. The molecule has 0 bridgehead atoms. The fourth-order valence-corrected chi connectivity index (χ4v) is 1.61. The van der Waals surface area contributed by atoms with Crippen LogP contribution >= 0.6 is 11.6 Å². The lowest BCUT2D eigenvalue weighted by molar-refractivity contribution is 0.230. The van der Waals surface area contributed by atoms with Gasteiger partial charge in [-0.3, -0.25) is 4.79 Å². The highest BCUT2D eigenvalue weighted by atomic mass is 35.5. The van der Waals surface area contributed by atoms with Crippen molar-refractivity contribution >= 4 is 17.0 Å². The number of rotatable bonds is 4. The largest absolute Gasteiger partial charge is 0.496 e. The van der Waals surface area contributed by atoms with Crippen molar-refractivity contribution in [2.24, 2.45) is 0 Å². The Morgan fingerprint density at radius 2 is 1.88 bits per heavy atom. The lowest BCUT2D eigenvalue weighted by Crippen LogP contribution is -2.20. The van der Waals surface area contributed by atoms with Gasteiger partial charge in [0.25, 0.3) is 0 Å². The molecule has 1 amide bonds. The first-order chi connectivity index (χ1) is 7.99. The number of carbonyl (C=O) groups excluding carboxylic acids is 1. The molecule has 0 saturated carbocycles. The van der Waals surface area contributed by atoms with Gasteiger partial charge in [0.05, 0.1) is 20.8 Å². The average Bonchev–Trinajstić information content (AvgIpc) is 2.30. The van der Waals surface area contributed by atoms with E-state index in [0.717, 1.165) is 16.9 Å². The molecule has 0 atom stereocenters. The fraction of sp³-hybridized carbons (Fsp3) is 0.417. The van der Waals surface area contributed by atoms with Crippen LogP contribution in [0.5, 0.6) is 11.5 Å². The summed E-state index contributed by atoms with van der Waals surface area (Å²) >= 11 is 5.39. The smallest absolute Gasteiger partial charge is 0.316 e. The number of ether oxygens (including phenoxy) is 2. The minimum absolute atomic E-state index is 0.377. The van der Waals surface area contributed by atoms with Crippen molar-refractivity contribution in [3.63, 3.8) is 0 Å². The monoisotopic (exact) mass is 257 g/mol. The molecule has 17 heavy (non-hydrogen) atoms. The summed E-state index contributed by atoms with van der Waals surface area (Å²) in [5, 5.41) is -0.508. The van der Waals surface area contributed by atoms with Crippen LogP contribution < -0.4 is 9.47 Å². The van der Waals surface area contributed by atoms with Crippen molar-refractivity contribution in [1.29, 1.82) is 0 Å². The second-order valence-corrected chi connectivity index (χ2v) is 4.07. The van der Waals surface area contributed by atoms with Gasteiger partial charge in [0.1, 0.15) is 11.5 Å². The third-order valence-electron chi connectivity index (χ3n) is 2.51. The highest BCUT2D eigenvalue weighted by Gasteiger charge is 2.12. The lowest BCUT2D eigenvalue weighted by atomic mass is 10.1. The van der Waals surface area contributed by atoms with Crippen molar-refractivity contribution < 1.29 is 14.3 Å². The number of amides is 1. The van der Waals surface area contributed by atoms with Gasteiger partial charge in [0, 0.05) is 12.6 Å². The van der Waals surface area contributed by atoms with Gasteiger partial charge in [-0.05, 0) is 36.2 Å². The molecule has 0 unspecified atom stereocenters. The summed E-state index contributed by atoms with van der Waals surface area (Å²) in [6.45, 7) is 2.31. The number of benzene rings is 1. The van der Waals surface area contributed by atoms with Gasteiger partial charge in [0.2, 0.25) is 0 Å². The van der Waals surface area contributed by atoms with Crippen LogP contribution in [0.15, 0.2) is 12.1 Å². The predicted octanol–water partition coefficient (Wildman–Crippen LogP) is 2.80. The molecule has 0 radical (unpaired) electrons. The Morgan fingerprint density at radius 3 is 2.35 bits per heavy atom. The maximum Gasteiger partial charge on any atom is 0.316 e. The van der Waals surface area contributed by atoms with Crippen LogP contribution in [0.25, 0.3) is 0 Å². The number of hydrogen-bond acceptors (Lipinski definition) is 3. The van der Waals surface area contributed by atoms with E-state index >= 15 is 0 Å². The molecule has 0 aliphatic carbocycles. The van der Waals surface area contributed by atoms with Crippen LogP contribution in [0.2, 0.25) is 0 Å². The Kier molecular flexibility index (Phi) is 4.63. The summed E-state index contributed by atoms with van der Waals surface area (Å²) in [6, 6.07) is 3.73. The van der Waals surface area contributed by atoms with E-state index in [1.54, 1.807) is 21.3 Å². The minimum atomic E-state index is -0.508. The zero-order valence-electron chi connectivity index (χ0n) is 10.4. The molecule has 1 aromatic carbocycles. The van der Waals surface area contributed by atoms with E-state index in [9.17, 15) is 4.79 Å². The molecule has 94 valence electrons. The van der Waals surface area contributed by atoms with E-state index in [4.69, 9.17) is 21.1 Å². The minimum Gasteiger partial charge on any atom is -0.496 e. The molecule has 0 aliphatic heterocycles. The normalized spacial score (nSPS) is 9.94. The zero-order valence-corrected chi connectivity index (χ0v) is 11.2. The number of nitrogens with zero attached hydrogens (tertiary/aromatic N) is 1. The number of halogens is 1. The molecule has 1 rings (SSSR count). The fourth-order valence-electron chi connectivity index (χ4n) is 1.55. The Bertz CT molecular complexity index is 420. The molecule has 0 saturated heterocycles. The first-order valence-corrected chi connectivity index (χ1v) is 5.49. The maximum atomic E-state index is 11.0. The van der Waals surface area contributed by atoms with E-state index in [2.05, 4.69) is 0 Å². The Balaban J connectivity index is 3.08. The number of aryl methyl sites for hydroxylation is 1. The summed E-state index contributed by atoms with van der Waals surface area (Å²) < 4.78 is 10.5. The van der Waals surface area contributed by atoms with Gasteiger partial charge < -0.3 is 14.4 Å². The van der Waals surface area contributed by atoms with E-state index < -0.39 is 5.37 Å². The van der Waals surface area contributed by atoms with Crippen LogP contribution in [0.1, 0.15) is 11.1 Å². The van der Waals surface area contributed by atoms with Gasteiger partial charge in [0.15, 0.2) is 0 Å². The van der Waals surface area contributed by atoms with E-state index in [1.165, 1.54) is 4.90 Å². The van der Waals surface area contributed by atoms with Crippen LogP contribution in [0.4, 0.5) is 4.79 Å². The maximum absolute atomic E-state index is 11.0. The first kappa shape index (κ1) is 13.6. The van der Waals surface area contributed by atoms with Crippen LogP contribution in [-0.2, 0) is 6.54 Å². The second kappa shape index (κ2) is 5.77. The van der Waals surface area contributed by atoms with Crippen molar-refractivity contribution in [3.05, 3.63) is 23.3 Å². The Morgan fingerprint density at radius 1 is 1.29 bits per heavy atom. The molecule has 0 heterocycles. The molecule has 0 aromatic heterocycles. The van der Waals surface area contributed by atoms with Gasteiger partial charge in [-0.2, -0.15) is 0 Å². The molecule has 0 fully saturated rings. The van der Waals surface area contributed by atoms with Gasteiger partial charge in [-0.25, -0.2) is 0 Å². The van der Waals surface area contributed by atoms with Crippen molar-refractivity contribution in [2.75, 3.05) is 21.3 Å². The molecule has 0 aliphatic rings. The second-order valence-electron chi connectivity index (χ2n) is 3.74. The average molecular weight is 258 g/mol. The highest BCUT2D eigenvalue weighted by molar-refractivity contribution is 6.62. The van der Waals surface area contributed by atoms with Crippen LogP contribution in [0.3, 0.4) is 0 Å². The molecule has 0 spiro atoms. The summed E-state index contributed by atoms with van der Waals surface area (Å²) in [4.78, 5) is 12.4. The van der Waals surface area contributed by atoms with Gasteiger partial charge in [-0.15, -0.1) is 0 Å². The van der Waals surface area contributed by atoms with Crippen molar-refractivity contribution in [3.8, 4) is 11.5 Å². The van der Waals surface area contributed by atoms with Gasteiger partial charge >= 0.3 is 5.37 Å². The van der Waals surface area contributed by atoms with E-state index in [0.29, 0.717) is 12.3 Å². The molecule has 4 nitrogen and oxygen atoms in total. The predicted molar refractivity (Wildman–Crippen MR) is 67.0 cm³/mol. The lowest BCUT2D eigenvalue weighted by Gasteiger charge is -2.17. The van der Waals surface area contributed by atoms with Crippen LogP contribution in [0, 0.1) is 6.92 Å². The molecule has 5 heteroatoms. The first-order valence-electron chi connectivity index (χ1n) is 5.11. The van der Waals surface area contributed by atoms with Gasteiger partial charge in [-0.1, -0.05) is 0 Å². The number of methoxy groups -OCH3 is 2. The zero-order chi connectivity index (χ0) is 13.0. The summed E-state index contributed by atoms with van der Waals surface area (Å²) in [5.74, 6) is 1.48. The summed E-state index contributed by atoms with van der Waals surface area (Å²) in [7, 11) is 4.82. The highest BCUT2D eigenvalue weighted by Crippen LogP contribution is 2.29. The summed E-state index contributed by atoms with van der Waals surface area (Å²) in [6.07, 6.45) is 0. The molecule has 1 aromatic rings. The standard InChI is InChI=1S/C12H16ClNO3/c1-8-5-11(17-4)9(6-10(8)16-3)7-14(2)12(13)15/h5-6H,7H2,1-4H3. The topological polar surface area (TPSA) is 38.8 Å². The number of hydrogen-bond donors (Lipinski definition) is 0. The Hall–Kier alpha value is -1.42. The Labute approximate surface area is 106 Å². The summed E-state index contributed by atoms with van der Waals surface area (Å²) in [5.41, 5.74) is 1.83. The SMILES string of the molecule is COc1cc(CN(C)C(=O)Cl)c(OC)cc1C. The third kappa shape index (κ3) is 3.27. The van der Waals surface area contributed by atoms with E-state index in [1.807, 2.05) is 19.1 Å². The van der Waals surface area contributed by atoms with Crippen LogP contribution in [-0.4, -0.2) is 31.5 Å².